The number of hydrogen-bond donors (Lipinski definition) is 1. The van der Waals surface area contributed by atoms with E-state index >= 15 is 0 Å². The van der Waals surface area contributed by atoms with Crippen molar-refractivity contribution in [2.45, 2.75) is 20.8 Å². The first-order chi connectivity index (χ1) is 10.5. The number of hydrogen-bond acceptors (Lipinski definition) is 3. The van der Waals surface area contributed by atoms with Crippen LogP contribution in [0.25, 0.3) is 0 Å². The van der Waals surface area contributed by atoms with Crippen LogP contribution in [-0.2, 0) is 0 Å². The quantitative estimate of drug-likeness (QED) is 0.859. The van der Waals surface area contributed by atoms with Crippen LogP contribution in [-0.4, -0.2) is 28.9 Å². The van der Waals surface area contributed by atoms with Crippen molar-refractivity contribution in [3.63, 3.8) is 0 Å². The number of rotatable bonds is 5. The highest BCUT2D eigenvalue weighted by molar-refractivity contribution is 9.10. The van der Waals surface area contributed by atoms with Crippen LogP contribution in [0.3, 0.4) is 0 Å². The summed E-state index contributed by atoms with van der Waals surface area (Å²) in [6, 6.07) is 9.54. The summed E-state index contributed by atoms with van der Waals surface area (Å²) < 4.78 is 1.04. The highest BCUT2D eigenvalue weighted by Crippen LogP contribution is 2.23. The zero-order chi connectivity index (χ0) is 16.1. The smallest absolute Gasteiger partial charge is 0.254 e. The van der Waals surface area contributed by atoms with Gasteiger partial charge in [-0.05, 0) is 50.6 Å². The Bertz CT molecular complexity index is 669. The molecule has 0 aliphatic heterocycles. The van der Waals surface area contributed by atoms with Crippen molar-refractivity contribution in [3.8, 4) is 0 Å². The number of aromatic nitrogens is 1. The van der Waals surface area contributed by atoms with Gasteiger partial charge < -0.3 is 10.2 Å². The minimum Gasteiger partial charge on any atom is -0.340 e. The molecule has 0 radical (unpaired) electrons. The van der Waals surface area contributed by atoms with Crippen molar-refractivity contribution in [3.05, 3.63) is 52.1 Å². The highest BCUT2D eigenvalue weighted by atomic mass is 79.9. The molecule has 2 aromatic rings. The molecule has 0 aliphatic rings. The summed E-state index contributed by atoms with van der Waals surface area (Å²) in [6.45, 7) is 7.39. The lowest BCUT2D eigenvalue weighted by Crippen LogP contribution is -2.30. The second kappa shape index (κ2) is 7.40. The molecule has 0 spiro atoms. The van der Waals surface area contributed by atoms with Gasteiger partial charge in [-0.25, -0.2) is 4.98 Å². The van der Waals surface area contributed by atoms with Gasteiger partial charge >= 0.3 is 0 Å². The summed E-state index contributed by atoms with van der Waals surface area (Å²) in [6.07, 6.45) is 1.66. The minimum absolute atomic E-state index is 0.0283. The number of aryl methyl sites for hydroxylation is 1. The molecular formula is C17H20BrN3O. The lowest BCUT2D eigenvalue weighted by molar-refractivity contribution is 0.0773. The molecule has 0 unspecified atom stereocenters. The predicted octanol–water partition coefficient (Wildman–Crippen LogP) is 4.38. The van der Waals surface area contributed by atoms with Crippen LogP contribution >= 0.6 is 15.9 Å². The summed E-state index contributed by atoms with van der Waals surface area (Å²) in [5.74, 6) is 0.689. The van der Waals surface area contributed by atoms with Crippen molar-refractivity contribution >= 4 is 33.3 Å². The number of halogens is 1. The number of carbonyl (C=O) groups is 1. The third kappa shape index (κ3) is 3.85. The minimum atomic E-state index is 0.0283. The molecule has 1 aromatic heterocycles. The second-order valence-corrected chi connectivity index (χ2v) is 5.85. The fourth-order valence-electron chi connectivity index (χ4n) is 2.14. The van der Waals surface area contributed by atoms with Crippen molar-refractivity contribution in [1.82, 2.24) is 9.88 Å². The molecule has 2 rings (SSSR count). The summed E-state index contributed by atoms with van der Waals surface area (Å²) in [5, 5.41) is 3.23. The van der Waals surface area contributed by atoms with E-state index in [1.165, 1.54) is 5.56 Å². The predicted molar refractivity (Wildman–Crippen MR) is 93.7 cm³/mol. The molecule has 4 nitrogen and oxygen atoms in total. The van der Waals surface area contributed by atoms with Crippen LogP contribution in [0.15, 0.2) is 41.0 Å². The molecule has 1 N–H and O–H groups in total. The normalized spacial score (nSPS) is 10.4. The largest absolute Gasteiger partial charge is 0.340 e. The summed E-state index contributed by atoms with van der Waals surface area (Å²) in [5.41, 5.74) is 2.74. The van der Waals surface area contributed by atoms with Gasteiger partial charge in [0, 0.05) is 35.0 Å². The van der Waals surface area contributed by atoms with Crippen molar-refractivity contribution < 1.29 is 4.79 Å². The van der Waals surface area contributed by atoms with Gasteiger partial charge in [-0.1, -0.05) is 22.0 Å². The van der Waals surface area contributed by atoms with E-state index in [9.17, 15) is 4.79 Å². The van der Waals surface area contributed by atoms with Crippen LogP contribution in [0.2, 0.25) is 0 Å². The van der Waals surface area contributed by atoms with Gasteiger partial charge in [-0.3, -0.25) is 4.79 Å². The molecule has 1 aromatic carbocycles. The third-order valence-corrected chi connectivity index (χ3v) is 4.36. The molecular weight excluding hydrogens is 342 g/mol. The Morgan fingerprint density at radius 2 is 1.95 bits per heavy atom. The molecule has 0 fully saturated rings. The Morgan fingerprint density at radius 3 is 2.59 bits per heavy atom. The molecule has 0 atom stereocenters. The molecule has 0 aliphatic carbocycles. The SMILES string of the molecule is CCN(CC)C(=O)c1ccnc(Nc2ccc(C)c(Br)c2)c1. The zero-order valence-corrected chi connectivity index (χ0v) is 14.6. The van der Waals surface area contributed by atoms with Crippen molar-refractivity contribution in [2.24, 2.45) is 0 Å². The van der Waals surface area contributed by atoms with Gasteiger partial charge in [-0.2, -0.15) is 0 Å². The number of benzene rings is 1. The van der Waals surface area contributed by atoms with E-state index < -0.39 is 0 Å². The Hall–Kier alpha value is -1.88. The number of pyridine rings is 1. The maximum atomic E-state index is 12.4. The van der Waals surface area contributed by atoms with E-state index in [0.717, 1.165) is 10.2 Å². The Balaban J connectivity index is 2.21. The maximum Gasteiger partial charge on any atom is 0.254 e. The van der Waals surface area contributed by atoms with Gasteiger partial charge in [0.05, 0.1) is 0 Å². The van der Waals surface area contributed by atoms with Crippen LogP contribution in [0.5, 0.6) is 0 Å². The van der Waals surface area contributed by atoms with Crippen LogP contribution < -0.4 is 5.32 Å². The van der Waals surface area contributed by atoms with E-state index in [4.69, 9.17) is 0 Å². The van der Waals surface area contributed by atoms with E-state index in [1.54, 1.807) is 23.2 Å². The molecule has 1 amide bonds. The van der Waals surface area contributed by atoms with E-state index in [0.29, 0.717) is 24.5 Å². The van der Waals surface area contributed by atoms with E-state index in [2.05, 4.69) is 26.2 Å². The number of nitrogens with zero attached hydrogens (tertiary/aromatic N) is 2. The second-order valence-electron chi connectivity index (χ2n) is 5.00. The van der Waals surface area contributed by atoms with Crippen molar-refractivity contribution in [2.75, 3.05) is 18.4 Å². The van der Waals surface area contributed by atoms with Gasteiger partial charge in [0.25, 0.3) is 5.91 Å². The Morgan fingerprint density at radius 1 is 1.23 bits per heavy atom. The number of amides is 1. The van der Waals surface area contributed by atoms with Crippen LogP contribution in [0.4, 0.5) is 11.5 Å². The lowest BCUT2D eigenvalue weighted by atomic mass is 10.2. The monoisotopic (exact) mass is 361 g/mol. The van der Waals surface area contributed by atoms with Gasteiger partial charge in [0.2, 0.25) is 0 Å². The first-order valence-corrected chi connectivity index (χ1v) is 8.13. The zero-order valence-electron chi connectivity index (χ0n) is 13.1. The van der Waals surface area contributed by atoms with Crippen LogP contribution in [0.1, 0.15) is 29.8 Å². The average molecular weight is 362 g/mol. The summed E-state index contributed by atoms with van der Waals surface area (Å²) in [4.78, 5) is 18.4. The number of anilines is 2. The fraction of sp³-hybridized carbons (Fsp3) is 0.294. The topological polar surface area (TPSA) is 45.2 Å². The molecule has 22 heavy (non-hydrogen) atoms. The van der Waals surface area contributed by atoms with Gasteiger partial charge in [-0.15, -0.1) is 0 Å². The fourth-order valence-corrected chi connectivity index (χ4v) is 2.52. The van der Waals surface area contributed by atoms with Gasteiger partial charge in [0.15, 0.2) is 0 Å². The third-order valence-electron chi connectivity index (χ3n) is 3.50. The Labute approximate surface area is 139 Å². The number of carbonyl (C=O) groups excluding carboxylic acids is 1. The van der Waals surface area contributed by atoms with E-state index in [-0.39, 0.29) is 5.91 Å². The molecule has 0 saturated carbocycles. The maximum absolute atomic E-state index is 12.4. The van der Waals surface area contributed by atoms with Crippen LogP contribution in [0, 0.1) is 6.92 Å². The summed E-state index contributed by atoms with van der Waals surface area (Å²) in [7, 11) is 0. The van der Waals surface area contributed by atoms with Crippen molar-refractivity contribution in [1.29, 1.82) is 0 Å². The first kappa shape index (κ1) is 16.5. The molecule has 0 saturated heterocycles. The standard InChI is InChI=1S/C17H20BrN3O/c1-4-21(5-2)17(22)13-8-9-19-16(10-13)20-14-7-6-12(3)15(18)11-14/h6-11H,4-5H2,1-3H3,(H,19,20). The molecule has 116 valence electrons. The number of nitrogens with one attached hydrogen (secondary N) is 1. The van der Waals surface area contributed by atoms with Gasteiger partial charge in [0.1, 0.15) is 5.82 Å². The highest BCUT2D eigenvalue weighted by Gasteiger charge is 2.13. The molecule has 1 heterocycles. The molecule has 5 heteroatoms. The van der Waals surface area contributed by atoms with E-state index in [1.807, 2.05) is 39.0 Å². The first-order valence-electron chi connectivity index (χ1n) is 7.33. The Kier molecular flexibility index (Phi) is 5.55. The lowest BCUT2D eigenvalue weighted by Gasteiger charge is -2.18. The molecule has 0 bridgehead atoms. The average Bonchev–Trinajstić information content (AvgIpc) is 2.52. The summed E-state index contributed by atoms with van der Waals surface area (Å²) >= 11 is 3.51.